The van der Waals surface area contributed by atoms with Gasteiger partial charge >= 0.3 is 0 Å². The van der Waals surface area contributed by atoms with Gasteiger partial charge in [0.25, 0.3) is 5.91 Å². The first-order valence-electron chi connectivity index (χ1n) is 6.66. The predicted octanol–water partition coefficient (Wildman–Crippen LogP) is 4.22. The molecule has 0 bridgehead atoms. The summed E-state index contributed by atoms with van der Waals surface area (Å²) in [6, 6.07) is 9.70. The SMILES string of the molecule is COc1ccc(Br)c(C(=O)N(C)C(C)Cc2cccs2)c1. The number of methoxy groups -OCH3 is 1. The van der Waals surface area contributed by atoms with Crippen LogP contribution in [0.15, 0.2) is 40.2 Å². The Kier molecular flexibility index (Phi) is 5.42. The Hall–Kier alpha value is -1.33. The van der Waals surface area contributed by atoms with E-state index in [1.54, 1.807) is 29.4 Å². The van der Waals surface area contributed by atoms with Gasteiger partial charge in [0, 0.05) is 28.9 Å². The molecule has 0 spiro atoms. The summed E-state index contributed by atoms with van der Waals surface area (Å²) in [5.74, 6) is 0.672. The van der Waals surface area contributed by atoms with E-state index in [1.165, 1.54) is 4.88 Å². The lowest BCUT2D eigenvalue weighted by Gasteiger charge is -2.25. The van der Waals surface area contributed by atoms with E-state index in [0.29, 0.717) is 11.3 Å². The molecule has 5 heteroatoms. The fourth-order valence-electron chi connectivity index (χ4n) is 2.04. The average Bonchev–Trinajstić information content (AvgIpc) is 2.99. The highest BCUT2D eigenvalue weighted by atomic mass is 79.9. The number of hydrogen-bond donors (Lipinski definition) is 0. The van der Waals surface area contributed by atoms with Crippen molar-refractivity contribution in [2.75, 3.05) is 14.2 Å². The van der Waals surface area contributed by atoms with Gasteiger partial charge < -0.3 is 9.64 Å². The Balaban J connectivity index is 2.14. The minimum atomic E-state index is -0.00942. The van der Waals surface area contributed by atoms with Gasteiger partial charge in [0.15, 0.2) is 0 Å². The van der Waals surface area contributed by atoms with Crippen LogP contribution in [0.3, 0.4) is 0 Å². The third-order valence-electron chi connectivity index (χ3n) is 3.46. The fraction of sp³-hybridized carbons (Fsp3) is 0.312. The molecule has 0 saturated carbocycles. The first-order valence-corrected chi connectivity index (χ1v) is 8.33. The highest BCUT2D eigenvalue weighted by Crippen LogP contribution is 2.24. The zero-order valence-corrected chi connectivity index (χ0v) is 14.7. The second-order valence-electron chi connectivity index (χ2n) is 4.89. The van der Waals surface area contributed by atoms with Gasteiger partial charge in [-0.2, -0.15) is 0 Å². The second-order valence-corrected chi connectivity index (χ2v) is 6.78. The van der Waals surface area contributed by atoms with Crippen molar-refractivity contribution in [2.45, 2.75) is 19.4 Å². The van der Waals surface area contributed by atoms with E-state index in [1.807, 2.05) is 25.2 Å². The lowest BCUT2D eigenvalue weighted by molar-refractivity contribution is 0.0742. The van der Waals surface area contributed by atoms with Gasteiger partial charge in [-0.25, -0.2) is 0 Å². The van der Waals surface area contributed by atoms with Crippen molar-refractivity contribution in [3.05, 3.63) is 50.6 Å². The van der Waals surface area contributed by atoms with E-state index in [2.05, 4.69) is 34.3 Å². The van der Waals surface area contributed by atoms with Crippen LogP contribution in [0, 0.1) is 0 Å². The number of carbonyl (C=O) groups is 1. The smallest absolute Gasteiger partial charge is 0.255 e. The summed E-state index contributed by atoms with van der Waals surface area (Å²) in [5, 5.41) is 2.06. The number of thiophene rings is 1. The quantitative estimate of drug-likeness (QED) is 0.791. The van der Waals surface area contributed by atoms with Crippen LogP contribution in [0.2, 0.25) is 0 Å². The van der Waals surface area contributed by atoms with E-state index in [0.717, 1.165) is 10.9 Å². The van der Waals surface area contributed by atoms with Gasteiger partial charge in [0.1, 0.15) is 5.75 Å². The van der Waals surface area contributed by atoms with E-state index in [4.69, 9.17) is 4.74 Å². The van der Waals surface area contributed by atoms with Gasteiger partial charge in [0.2, 0.25) is 0 Å². The first-order chi connectivity index (χ1) is 10.0. The number of ether oxygens (including phenoxy) is 1. The topological polar surface area (TPSA) is 29.5 Å². The number of carbonyl (C=O) groups excluding carboxylic acids is 1. The summed E-state index contributed by atoms with van der Waals surface area (Å²) in [6.45, 7) is 2.06. The zero-order chi connectivity index (χ0) is 15.4. The number of benzene rings is 1. The Morgan fingerprint density at radius 3 is 2.81 bits per heavy atom. The van der Waals surface area contributed by atoms with Gasteiger partial charge in [-0.15, -0.1) is 11.3 Å². The minimum Gasteiger partial charge on any atom is -0.497 e. The number of hydrogen-bond acceptors (Lipinski definition) is 3. The van der Waals surface area contributed by atoms with Crippen molar-refractivity contribution in [1.29, 1.82) is 0 Å². The Bertz CT molecular complexity index is 613. The molecular formula is C16H18BrNO2S. The van der Waals surface area contributed by atoms with Crippen molar-refractivity contribution < 1.29 is 9.53 Å². The third-order valence-corrected chi connectivity index (χ3v) is 5.05. The van der Waals surface area contributed by atoms with Crippen LogP contribution < -0.4 is 4.74 Å². The molecule has 2 rings (SSSR count). The first kappa shape index (κ1) is 16.0. The maximum atomic E-state index is 12.6. The van der Waals surface area contributed by atoms with Crippen LogP contribution in [0.25, 0.3) is 0 Å². The number of rotatable bonds is 5. The molecule has 0 saturated heterocycles. The van der Waals surface area contributed by atoms with Crippen LogP contribution in [-0.2, 0) is 6.42 Å². The Morgan fingerprint density at radius 1 is 1.43 bits per heavy atom. The molecule has 3 nitrogen and oxygen atoms in total. The molecule has 0 radical (unpaired) electrons. The number of nitrogens with zero attached hydrogens (tertiary/aromatic N) is 1. The highest BCUT2D eigenvalue weighted by molar-refractivity contribution is 9.10. The van der Waals surface area contributed by atoms with Gasteiger partial charge in [-0.1, -0.05) is 6.07 Å². The normalized spacial score (nSPS) is 12.0. The molecule has 21 heavy (non-hydrogen) atoms. The summed E-state index contributed by atoms with van der Waals surface area (Å²) < 4.78 is 5.98. The molecule has 112 valence electrons. The Morgan fingerprint density at radius 2 is 2.19 bits per heavy atom. The molecule has 0 aliphatic carbocycles. The summed E-state index contributed by atoms with van der Waals surface area (Å²) >= 11 is 5.16. The van der Waals surface area contributed by atoms with Crippen molar-refractivity contribution >= 4 is 33.2 Å². The van der Waals surface area contributed by atoms with Crippen molar-refractivity contribution in [2.24, 2.45) is 0 Å². The van der Waals surface area contributed by atoms with E-state index in [-0.39, 0.29) is 11.9 Å². The molecule has 0 fully saturated rings. The van der Waals surface area contributed by atoms with Crippen molar-refractivity contribution in [3.8, 4) is 5.75 Å². The Labute approximate surface area is 137 Å². The van der Waals surface area contributed by atoms with Gasteiger partial charge in [-0.05, 0) is 52.5 Å². The van der Waals surface area contributed by atoms with Crippen molar-refractivity contribution in [3.63, 3.8) is 0 Å². The van der Waals surface area contributed by atoms with Crippen molar-refractivity contribution in [1.82, 2.24) is 4.90 Å². The van der Waals surface area contributed by atoms with Crippen LogP contribution >= 0.6 is 27.3 Å². The maximum Gasteiger partial charge on any atom is 0.255 e. The lowest BCUT2D eigenvalue weighted by Crippen LogP contribution is -2.36. The van der Waals surface area contributed by atoms with E-state index in [9.17, 15) is 4.79 Å². The fourth-order valence-corrected chi connectivity index (χ4v) is 3.28. The van der Waals surface area contributed by atoms with Crippen LogP contribution in [0.5, 0.6) is 5.75 Å². The molecule has 1 aromatic heterocycles. The predicted molar refractivity (Wildman–Crippen MR) is 90.3 cm³/mol. The molecule has 0 aliphatic heterocycles. The van der Waals surface area contributed by atoms with Crippen LogP contribution in [-0.4, -0.2) is 31.0 Å². The summed E-state index contributed by atoms with van der Waals surface area (Å²) in [4.78, 5) is 15.7. The summed E-state index contributed by atoms with van der Waals surface area (Å²) in [6.07, 6.45) is 0.863. The largest absolute Gasteiger partial charge is 0.497 e. The summed E-state index contributed by atoms with van der Waals surface area (Å²) in [7, 11) is 3.44. The maximum absolute atomic E-state index is 12.6. The van der Waals surface area contributed by atoms with E-state index < -0.39 is 0 Å². The highest BCUT2D eigenvalue weighted by Gasteiger charge is 2.20. The molecule has 2 aromatic rings. The molecular weight excluding hydrogens is 350 g/mol. The lowest BCUT2D eigenvalue weighted by atomic mass is 10.1. The summed E-state index contributed by atoms with van der Waals surface area (Å²) in [5.41, 5.74) is 0.620. The molecule has 0 aliphatic rings. The average molecular weight is 368 g/mol. The third kappa shape index (κ3) is 3.86. The number of halogens is 1. The standard InChI is InChI=1S/C16H18BrNO2S/c1-11(9-13-5-4-8-21-13)18(2)16(19)14-10-12(20-3)6-7-15(14)17/h4-8,10-11H,9H2,1-3H3. The molecule has 1 amide bonds. The molecule has 1 unspecified atom stereocenters. The second kappa shape index (κ2) is 7.09. The van der Waals surface area contributed by atoms with E-state index >= 15 is 0 Å². The number of amides is 1. The van der Waals surface area contributed by atoms with Crippen LogP contribution in [0.1, 0.15) is 22.2 Å². The zero-order valence-electron chi connectivity index (χ0n) is 12.3. The molecule has 1 heterocycles. The number of likely N-dealkylation sites (N-methyl/N-ethyl adjacent to an activating group) is 1. The molecule has 0 N–H and O–H groups in total. The minimum absolute atomic E-state index is 0.00942. The van der Waals surface area contributed by atoms with Crippen LogP contribution in [0.4, 0.5) is 0 Å². The van der Waals surface area contributed by atoms with Gasteiger partial charge in [0.05, 0.1) is 12.7 Å². The molecule has 1 aromatic carbocycles. The van der Waals surface area contributed by atoms with Gasteiger partial charge in [-0.3, -0.25) is 4.79 Å². The molecule has 1 atom stereocenters. The monoisotopic (exact) mass is 367 g/mol.